The Labute approximate surface area is 90.0 Å². The zero-order valence-corrected chi connectivity index (χ0v) is 9.16. The van der Waals surface area contributed by atoms with E-state index in [0.717, 1.165) is 50.7 Å². The lowest BCUT2D eigenvalue weighted by Crippen LogP contribution is -2.14. The molecule has 0 aliphatic carbocycles. The van der Waals surface area contributed by atoms with Crippen LogP contribution in [-0.4, -0.2) is 31.8 Å². The summed E-state index contributed by atoms with van der Waals surface area (Å²) < 4.78 is 11.1. The second-order valence-corrected chi connectivity index (χ2v) is 3.92. The Hall–Kier alpha value is -0.870. The molecule has 1 aliphatic rings. The van der Waals surface area contributed by atoms with Gasteiger partial charge in [-0.05, 0) is 19.9 Å². The molecule has 2 rings (SSSR count). The molecule has 2 heterocycles. The Morgan fingerprint density at radius 2 is 2.53 bits per heavy atom. The Kier molecular flexibility index (Phi) is 3.75. The van der Waals surface area contributed by atoms with E-state index in [0.29, 0.717) is 5.92 Å². The molecule has 0 bridgehead atoms. The second-order valence-electron chi connectivity index (χ2n) is 3.92. The van der Waals surface area contributed by atoms with Crippen molar-refractivity contribution in [3.63, 3.8) is 0 Å². The third kappa shape index (κ3) is 2.79. The van der Waals surface area contributed by atoms with Crippen LogP contribution >= 0.6 is 0 Å². The molecule has 1 aromatic heterocycles. The van der Waals surface area contributed by atoms with Crippen LogP contribution in [-0.2, 0) is 11.2 Å². The van der Waals surface area contributed by atoms with E-state index < -0.39 is 0 Å². The molecular formula is C11H18N2O2. The summed E-state index contributed by atoms with van der Waals surface area (Å²) >= 11 is 0. The van der Waals surface area contributed by atoms with Crippen LogP contribution in [0.3, 0.4) is 0 Å². The van der Waals surface area contributed by atoms with Gasteiger partial charge in [-0.15, -0.1) is 0 Å². The molecule has 4 nitrogen and oxygen atoms in total. The van der Waals surface area contributed by atoms with Gasteiger partial charge >= 0.3 is 0 Å². The number of nitrogens with zero attached hydrogens (tertiary/aromatic N) is 1. The zero-order chi connectivity index (χ0) is 10.5. The van der Waals surface area contributed by atoms with Crippen LogP contribution in [0.25, 0.3) is 0 Å². The van der Waals surface area contributed by atoms with Gasteiger partial charge in [0.15, 0.2) is 5.89 Å². The standard InChI is InChI=1S/C11H18N2O2/c1-12-5-4-11-13-7-10(15-11)9-3-2-6-14-8-9/h7,9,12H,2-6,8H2,1H3. The van der Waals surface area contributed by atoms with Crippen LogP contribution in [0.2, 0.25) is 0 Å². The van der Waals surface area contributed by atoms with Crippen LogP contribution in [0.5, 0.6) is 0 Å². The first-order valence-corrected chi connectivity index (χ1v) is 5.57. The maximum absolute atomic E-state index is 5.69. The predicted molar refractivity (Wildman–Crippen MR) is 56.9 cm³/mol. The van der Waals surface area contributed by atoms with Crippen molar-refractivity contribution < 1.29 is 9.15 Å². The Balaban J connectivity index is 1.93. The number of nitrogens with one attached hydrogen (secondary N) is 1. The first kappa shape index (κ1) is 10.6. The van der Waals surface area contributed by atoms with Crippen LogP contribution in [0.4, 0.5) is 0 Å². The van der Waals surface area contributed by atoms with Crippen LogP contribution < -0.4 is 5.32 Å². The highest BCUT2D eigenvalue weighted by molar-refractivity contribution is 5.03. The molecule has 4 heteroatoms. The number of likely N-dealkylation sites (N-methyl/N-ethyl adjacent to an activating group) is 1. The van der Waals surface area contributed by atoms with Gasteiger partial charge in [0, 0.05) is 25.5 Å². The zero-order valence-electron chi connectivity index (χ0n) is 9.16. The van der Waals surface area contributed by atoms with E-state index in [1.165, 1.54) is 0 Å². The summed E-state index contributed by atoms with van der Waals surface area (Å²) in [6.45, 7) is 2.57. The van der Waals surface area contributed by atoms with Crippen molar-refractivity contribution in [2.24, 2.45) is 0 Å². The van der Waals surface area contributed by atoms with Crippen molar-refractivity contribution in [2.75, 3.05) is 26.8 Å². The monoisotopic (exact) mass is 210 g/mol. The van der Waals surface area contributed by atoms with Crippen molar-refractivity contribution in [3.05, 3.63) is 17.8 Å². The molecule has 1 fully saturated rings. The van der Waals surface area contributed by atoms with E-state index in [1.807, 2.05) is 13.2 Å². The highest BCUT2D eigenvalue weighted by Crippen LogP contribution is 2.25. The summed E-state index contributed by atoms with van der Waals surface area (Å²) in [5.74, 6) is 2.22. The third-order valence-electron chi connectivity index (χ3n) is 2.72. The first-order chi connectivity index (χ1) is 7.40. The minimum atomic E-state index is 0.412. The van der Waals surface area contributed by atoms with Crippen LogP contribution in [0.1, 0.15) is 30.4 Å². The Morgan fingerprint density at radius 1 is 1.60 bits per heavy atom. The van der Waals surface area contributed by atoms with Gasteiger partial charge in [0.25, 0.3) is 0 Å². The van der Waals surface area contributed by atoms with E-state index in [4.69, 9.17) is 9.15 Å². The molecule has 1 atom stereocenters. The number of aromatic nitrogens is 1. The van der Waals surface area contributed by atoms with Gasteiger partial charge in [-0.3, -0.25) is 0 Å². The van der Waals surface area contributed by atoms with Crippen molar-refractivity contribution in [2.45, 2.75) is 25.2 Å². The molecule has 1 unspecified atom stereocenters. The van der Waals surface area contributed by atoms with Crippen LogP contribution in [0.15, 0.2) is 10.6 Å². The maximum Gasteiger partial charge on any atom is 0.195 e. The molecular weight excluding hydrogens is 192 g/mol. The van der Waals surface area contributed by atoms with E-state index >= 15 is 0 Å². The normalized spacial score (nSPS) is 21.8. The third-order valence-corrected chi connectivity index (χ3v) is 2.72. The molecule has 15 heavy (non-hydrogen) atoms. The fraction of sp³-hybridized carbons (Fsp3) is 0.727. The average molecular weight is 210 g/mol. The SMILES string of the molecule is CNCCc1ncc(C2CCCOC2)o1. The van der Waals surface area contributed by atoms with E-state index in [2.05, 4.69) is 10.3 Å². The number of hydrogen-bond acceptors (Lipinski definition) is 4. The van der Waals surface area contributed by atoms with Crippen molar-refractivity contribution in [1.82, 2.24) is 10.3 Å². The lowest BCUT2D eigenvalue weighted by molar-refractivity contribution is 0.0738. The van der Waals surface area contributed by atoms with Gasteiger partial charge in [-0.25, -0.2) is 4.98 Å². The number of ether oxygens (including phenoxy) is 1. The summed E-state index contributed by atoms with van der Waals surface area (Å²) in [6.07, 6.45) is 4.98. The molecule has 0 radical (unpaired) electrons. The lowest BCUT2D eigenvalue weighted by Gasteiger charge is -2.19. The molecule has 1 N–H and O–H groups in total. The lowest BCUT2D eigenvalue weighted by atomic mass is 10.0. The second kappa shape index (κ2) is 5.28. The van der Waals surface area contributed by atoms with Crippen molar-refractivity contribution >= 4 is 0 Å². The molecule has 1 aromatic rings. The minimum Gasteiger partial charge on any atom is -0.445 e. The van der Waals surface area contributed by atoms with Gasteiger partial charge in [0.05, 0.1) is 12.8 Å². The first-order valence-electron chi connectivity index (χ1n) is 5.57. The van der Waals surface area contributed by atoms with E-state index in [9.17, 15) is 0 Å². The summed E-state index contributed by atoms with van der Waals surface area (Å²) in [5, 5.41) is 3.08. The fourth-order valence-electron chi connectivity index (χ4n) is 1.83. The average Bonchev–Trinajstić information content (AvgIpc) is 2.76. The molecule has 0 saturated carbocycles. The Morgan fingerprint density at radius 3 is 3.27 bits per heavy atom. The van der Waals surface area contributed by atoms with E-state index in [1.54, 1.807) is 0 Å². The van der Waals surface area contributed by atoms with Crippen LogP contribution in [0, 0.1) is 0 Å². The predicted octanol–water partition coefficient (Wildman–Crippen LogP) is 1.33. The summed E-state index contributed by atoms with van der Waals surface area (Å²) in [7, 11) is 1.93. The van der Waals surface area contributed by atoms with Gasteiger partial charge < -0.3 is 14.5 Å². The molecule has 0 spiro atoms. The maximum atomic E-state index is 5.69. The van der Waals surface area contributed by atoms with Crippen molar-refractivity contribution in [3.8, 4) is 0 Å². The number of oxazole rings is 1. The fourth-order valence-corrected chi connectivity index (χ4v) is 1.83. The topological polar surface area (TPSA) is 47.3 Å². The van der Waals surface area contributed by atoms with Gasteiger partial charge in [-0.2, -0.15) is 0 Å². The summed E-state index contributed by atoms with van der Waals surface area (Å²) in [5.41, 5.74) is 0. The minimum absolute atomic E-state index is 0.412. The number of hydrogen-bond donors (Lipinski definition) is 1. The molecule has 0 amide bonds. The molecule has 1 aliphatic heterocycles. The molecule has 0 aromatic carbocycles. The van der Waals surface area contributed by atoms with Gasteiger partial charge in [0.1, 0.15) is 5.76 Å². The molecule has 84 valence electrons. The van der Waals surface area contributed by atoms with Gasteiger partial charge in [0.2, 0.25) is 0 Å². The smallest absolute Gasteiger partial charge is 0.195 e. The Bertz CT molecular complexity index is 293. The largest absolute Gasteiger partial charge is 0.445 e. The van der Waals surface area contributed by atoms with E-state index in [-0.39, 0.29) is 0 Å². The molecule has 1 saturated heterocycles. The summed E-state index contributed by atoms with van der Waals surface area (Å²) in [6, 6.07) is 0. The summed E-state index contributed by atoms with van der Waals surface area (Å²) in [4.78, 5) is 4.27. The van der Waals surface area contributed by atoms with Crippen molar-refractivity contribution in [1.29, 1.82) is 0 Å². The van der Waals surface area contributed by atoms with Gasteiger partial charge in [-0.1, -0.05) is 0 Å². The highest BCUT2D eigenvalue weighted by Gasteiger charge is 2.19. The highest BCUT2D eigenvalue weighted by atomic mass is 16.5. The quantitative estimate of drug-likeness (QED) is 0.814. The number of rotatable bonds is 4.